The first-order valence-electron chi connectivity index (χ1n) is 3.21. The zero-order valence-electron chi connectivity index (χ0n) is 6.24. The first-order chi connectivity index (χ1) is 6.11. The summed E-state index contributed by atoms with van der Waals surface area (Å²) in [7, 11) is 0. The van der Waals surface area contributed by atoms with Crippen molar-refractivity contribution in [2.45, 2.75) is 6.61 Å². The molecule has 1 radical (unpaired) electrons. The van der Waals surface area contributed by atoms with Crippen LogP contribution in [0, 0.1) is 16.2 Å². The van der Waals surface area contributed by atoms with Gasteiger partial charge in [-0.1, -0.05) is 6.07 Å². The first kappa shape index (κ1) is 9.37. The summed E-state index contributed by atoms with van der Waals surface area (Å²) in [6.07, 6.45) is 0. The van der Waals surface area contributed by atoms with E-state index in [0.29, 0.717) is 0 Å². The second-order valence-electron chi connectivity index (χ2n) is 2.02. The predicted octanol–water partition coefficient (Wildman–Crippen LogP) is 2.00. The smallest absolute Gasteiger partial charge is 0.387 e. The quantitative estimate of drug-likeness (QED) is 0.538. The van der Waals surface area contributed by atoms with E-state index in [-0.39, 0.29) is 0 Å². The number of benzene rings is 1. The normalized spacial score (nSPS) is 10.1. The third kappa shape index (κ3) is 2.36. The van der Waals surface area contributed by atoms with Crippen LogP contribution in [-0.4, -0.2) is 11.5 Å². The summed E-state index contributed by atoms with van der Waals surface area (Å²) in [5, 5.41) is 10.3. The maximum Gasteiger partial charge on any atom is 0.387 e. The van der Waals surface area contributed by atoms with Gasteiger partial charge in [0.1, 0.15) is 0 Å². The van der Waals surface area contributed by atoms with Gasteiger partial charge in [-0.15, -0.1) is 0 Å². The highest BCUT2D eigenvalue weighted by Gasteiger charge is 2.17. The highest BCUT2D eigenvalue weighted by molar-refractivity contribution is 5.44. The fourth-order valence-electron chi connectivity index (χ4n) is 0.746. The number of halogens is 2. The monoisotopic (exact) mass is 188 g/mol. The first-order valence-corrected chi connectivity index (χ1v) is 3.21. The Morgan fingerprint density at radius 2 is 2.31 bits per heavy atom. The molecule has 0 unspecified atom stereocenters. The molecule has 0 aromatic heterocycles. The molecule has 0 bridgehead atoms. The Morgan fingerprint density at radius 3 is 2.85 bits per heavy atom. The molecule has 0 atom stereocenters. The Labute approximate surface area is 71.9 Å². The van der Waals surface area contributed by atoms with Crippen molar-refractivity contribution in [1.29, 1.82) is 0 Å². The number of para-hydroxylation sites is 1. The van der Waals surface area contributed by atoms with E-state index >= 15 is 0 Å². The van der Waals surface area contributed by atoms with Gasteiger partial charge < -0.3 is 4.74 Å². The van der Waals surface area contributed by atoms with Crippen molar-refractivity contribution in [3.05, 3.63) is 34.4 Å². The SMILES string of the molecule is O=[N+]([O-])c1[c]cccc1OC(F)F. The fourth-order valence-corrected chi connectivity index (χ4v) is 0.746. The van der Waals surface area contributed by atoms with Gasteiger partial charge >= 0.3 is 12.3 Å². The zero-order valence-corrected chi connectivity index (χ0v) is 6.24. The van der Waals surface area contributed by atoms with Crippen molar-refractivity contribution in [2.24, 2.45) is 0 Å². The standard InChI is InChI=1S/C7H4F2NO3/c8-7(9)13-6-4-2-1-3-5(6)10(11)12/h1-2,4,7H. The Kier molecular flexibility index (Phi) is 2.73. The molecule has 0 fully saturated rings. The Morgan fingerprint density at radius 1 is 1.62 bits per heavy atom. The molecule has 0 aliphatic carbocycles. The third-order valence-corrected chi connectivity index (χ3v) is 1.20. The van der Waals surface area contributed by atoms with Crippen LogP contribution in [0.2, 0.25) is 0 Å². The molecular formula is C7H4F2NO3. The van der Waals surface area contributed by atoms with Crippen LogP contribution >= 0.6 is 0 Å². The van der Waals surface area contributed by atoms with Crippen LogP contribution in [0.25, 0.3) is 0 Å². The van der Waals surface area contributed by atoms with E-state index in [9.17, 15) is 18.9 Å². The lowest BCUT2D eigenvalue weighted by Gasteiger charge is -2.03. The van der Waals surface area contributed by atoms with E-state index in [0.717, 1.165) is 6.07 Å². The van der Waals surface area contributed by atoms with E-state index in [1.54, 1.807) is 0 Å². The average molecular weight is 188 g/mol. The summed E-state index contributed by atoms with van der Waals surface area (Å²) in [5.74, 6) is -0.484. The van der Waals surface area contributed by atoms with Crippen molar-refractivity contribution in [2.75, 3.05) is 0 Å². The van der Waals surface area contributed by atoms with Gasteiger partial charge in [0.15, 0.2) is 0 Å². The van der Waals surface area contributed by atoms with Gasteiger partial charge in [-0.25, -0.2) is 0 Å². The summed E-state index contributed by atoms with van der Waals surface area (Å²) in [6, 6.07) is 5.84. The summed E-state index contributed by atoms with van der Waals surface area (Å²) >= 11 is 0. The van der Waals surface area contributed by atoms with Gasteiger partial charge in [-0.3, -0.25) is 10.1 Å². The number of hydrogen-bond acceptors (Lipinski definition) is 3. The highest BCUT2D eigenvalue weighted by Crippen LogP contribution is 2.26. The minimum Gasteiger partial charge on any atom is -0.427 e. The number of hydrogen-bond donors (Lipinski definition) is 0. The van der Waals surface area contributed by atoms with Crippen LogP contribution in [-0.2, 0) is 0 Å². The lowest BCUT2D eigenvalue weighted by molar-refractivity contribution is -0.386. The van der Waals surface area contributed by atoms with Gasteiger partial charge in [0, 0.05) is 0 Å². The van der Waals surface area contributed by atoms with Gasteiger partial charge in [0.25, 0.3) is 0 Å². The molecule has 0 spiro atoms. The summed E-state index contributed by atoms with van der Waals surface area (Å²) < 4.78 is 27.3. The fraction of sp³-hybridized carbons (Fsp3) is 0.143. The minimum atomic E-state index is -3.07. The average Bonchev–Trinajstić information content (AvgIpc) is 2.03. The number of rotatable bonds is 3. The topological polar surface area (TPSA) is 52.4 Å². The number of nitro benzene ring substituents is 1. The van der Waals surface area contributed by atoms with Crippen LogP contribution < -0.4 is 4.74 Å². The molecule has 0 saturated heterocycles. The summed E-state index contributed by atoms with van der Waals surface area (Å²) in [4.78, 5) is 9.42. The molecule has 0 aliphatic rings. The number of nitro groups is 1. The molecule has 1 rings (SSSR count). The van der Waals surface area contributed by atoms with Crippen molar-refractivity contribution in [1.82, 2.24) is 0 Å². The number of nitrogens with zero attached hydrogens (tertiary/aromatic N) is 1. The molecule has 13 heavy (non-hydrogen) atoms. The van der Waals surface area contributed by atoms with E-state index in [1.165, 1.54) is 12.1 Å². The van der Waals surface area contributed by atoms with Crippen molar-refractivity contribution in [3.63, 3.8) is 0 Å². The third-order valence-electron chi connectivity index (χ3n) is 1.20. The number of alkyl halides is 2. The second-order valence-corrected chi connectivity index (χ2v) is 2.02. The lowest BCUT2D eigenvalue weighted by Crippen LogP contribution is -2.04. The van der Waals surface area contributed by atoms with Gasteiger partial charge in [0.05, 0.1) is 11.0 Å². The molecular weight excluding hydrogens is 184 g/mol. The number of ether oxygens (including phenoxy) is 1. The Hall–Kier alpha value is -1.72. The largest absolute Gasteiger partial charge is 0.427 e. The van der Waals surface area contributed by atoms with Gasteiger partial charge in [0.2, 0.25) is 5.75 Å². The Bertz CT molecular complexity index is 316. The van der Waals surface area contributed by atoms with Gasteiger partial charge in [-0.2, -0.15) is 8.78 Å². The van der Waals surface area contributed by atoms with Crippen LogP contribution in [0.1, 0.15) is 0 Å². The molecule has 0 aliphatic heterocycles. The summed E-state index contributed by atoms with van der Waals surface area (Å²) in [5.41, 5.74) is -0.595. The Balaban J connectivity index is 2.98. The van der Waals surface area contributed by atoms with Crippen molar-refractivity contribution in [3.8, 4) is 5.75 Å². The zero-order chi connectivity index (χ0) is 9.84. The molecule has 0 N–H and O–H groups in total. The highest BCUT2D eigenvalue weighted by atomic mass is 19.3. The predicted molar refractivity (Wildman–Crippen MR) is 38.6 cm³/mol. The van der Waals surface area contributed by atoms with Crippen LogP contribution in [0.15, 0.2) is 18.2 Å². The van der Waals surface area contributed by atoms with Crippen LogP contribution in [0.5, 0.6) is 5.75 Å². The van der Waals surface area contributed by atoms with E-state index in [1.807, 2.05) is 0 Å². The lowest BCUT2D eigenvalue weighted by atomic mass is 10.3. The molecule has 0 amide bonds. The van der Waals surface area contributed by atoms with Crippen molar-refractivity contribution < 1.29 is 18.4 Å². The van der Waals surface area contributed by atoms with E-state index in [4.69, 9.17) is 0 Å². The second kappa shape index (κ2) is 3.79. The van der Waals surface area contributed by atoms with E-state index in [2.05, 4.69) is 10.8 Å². The minimum absolute atomic E-state index is 0.484. The van der Waals surface area contributed by atoms with Gasteiger partial charge in [-0.05, 0) is 12.1 Å². The van der Waals surface area contributed by atoms with Crippen LogP contribution in [0.3, 0.4) is 0 Å². The van der Waals surface area contributed by atoms with Crippen LogP contribution in [0.4, 0.5) is 14.5 Å². The maximum atomic E-state index is 11.7. The molecule has 69 valence electrons. The molecule has 0 heterocycles. The molecule has 0 saturated carbocycles. The van der Waals surface area contributed by atoms with E-state index < -0.39 is 23.0 Å². The maximum absolute atomic E-state index is 11.7. The summed E-state index contributed by atoms with van der Waals surface area (Å²) in [6.45, 7) is -3.07. The molecule has 1 aromatic carbocycles. The molecule has 1 aromatic rings. The molecule has 4 nitrogen and oxygen atoms in total. The molecule has 6 heteroatoms. The van der Waals surface area contributed by atoms with Crippen molar-refractivity contribution >= 4 is 5.69 Å².